The average Bonchev–Trinajstić information content (AvgIpc) is 3.16. The molecule has 14 nitrogen and oxygen atoms in total. The number of aliphatic carboxylic acids is 1. The quantitative estimate of drug-likeness (QED) is 0.227. The maximum Gasteiger partial charge on any atom is 0.410 e. The van der Waals surface area contributed by atoms with Gasteiger partial charge in [-0.3, -0.25) is 9.69 Å². The lowest BCUT2D eigenvalue weighted by atomic mass is 9.80. The molecule has 0 aromatic rings. The molecule has 0 bridgehead atoms. The molecule has 2 N–H and O–H groups in total. The summed E-state index contributed by atoms with van der Waals surface area (Å²) in [5, 5.41) is 25.6. The summed E-state index contributed by atoms with van der Waals surface area (Å²) in [6, 6.07) is 0.279. The van der Waals surface area contributed by atoms with Gasteiger partial charge in [0.15, 0.2) is 6.29 Å². The van der Waals surface area contributed by atoms with Crippen molar-refractivity contribution in [1.82, 2.24) is 9.80 Å². The highest BCUT2D eigenvalue weighted by Gasteiger charge is 2.44. The first kappa shape index (κ1) is 43.3. The number of aliphatic hydroxyl groups excluding tert-OH is 1. The molecule has 13 atom stereocenters. The van der Waals surface area contributed by atoms with Crippen LogP contribution in [0.2, 0.25) is 0 Å². The van der Waals surface area contributed by atoms with Crippen LogP contribution < -0.4 is 0 Å². The van der Waals surface area contributed by atoms with Crippen LogP contribution in [-0.4, -0.2) is 144 Å². The van der Waals surface area contributed by atoms with Gasteiger partial charge in [-0.1, -0.05) is 25.9 Å². The lowest BCUT2D eigenvalue weighted by Crippen LogP contribution is -2.52. The molecule has 0 radical (unpaired) electrons. The molecule has 3 fully saturated rings. The van der Waals surface area contributed by atoms with Crippen molar-refractivity contribution >= 4 is 17.8 Å². The van der Waals surface area contributed by atoms with Gasteiger partial charge in [0.05, 0.1) is 74.1 Å². The average molecular weight is 730 g/mol. The smallest absolute Gasteiger partial charge is 0.410 e. The van der Waals surface area contributed by atoms with Gasteiger partial charge in [0.1, 0.15) is 18.8 Å². The fraction of sp³-hybridized carbons (Fsp3) is 0.919. The molecule has 0 aliphatic carbocycles. The lowest BCUT2D eigenvalue weighted by Gasteiger charge is -2.43. The Morgan fingerprint density at radius 1 is 0.961 bits per heavy atom. The Morgan fingerprint density at radius 3 is 2.18 bits per heavy atom. The van der Waals surface area contributed by atoms with Crippen molar-refractivity contribution < 1.29 is 53.1 Å². The SMILES string of the molecule is CCN1C[C@H](C)O[C@@H](CO[C@@H]([C@H](C)[C@@H](O[C@@H]2O[C@H](C)C/C(=N\OC)[C@H]2O)[C@@H](C)CC(C)(C)OC(=O)N2C[C@@H](C)O[C@@H](C)C2)[C@@H](C)C(=O)O)C[C@H]1C. The van der Waals surface area contributed by atoms with Crippen molar-refractivity contribution in [3.05, 3.63) is 0 Å². The van der Waals surface area contributed by atoms with E-state index in [0.29, 0.717) is 31.6 Å². The maximum atomic E-state index is 13.3. The summed E-state index contributed by atoms with van der Waals surface area (Å²) in [5.41, 5.74) is -0.532. The summed E-state index contributed by atoms with van der Waals surface area (Å²) in [6.45, 7) is 24.1. The number of carbonyl (C=O) groups is 2. The maximum absolute atomic E-state index is 13.3. The van der Waals surface area contributed by atoms with Crippen LogP contribution in [0.25, 0.3) is 0 Å². The van der Waals surface area contributed by atoms with Crippen molar-refractivity contribution in [1.29, 1.82) is 0 Å². The van der Waals surface area contributed by atoms with E-state index in [1.165, 1.54) is 7.11 Å². The predicted octanol–water partition coefficient (Wildman–Crippen LogP) is 4.55. The third-order valence-electron chi connectivity index (χ3n) is 10.3. The summed E-state index contributed by atoms with van der Waals surface area (Å²) >= 11 is 0. The molecular formula is C37H67N3O11. The van der Waals surface area contributed by atoms with Crippen molar-refractivity contribution in [3.63, 3.8) is 0 Å². The third kappa shape index (κ3) is 12.5. The second kappa shape index (κ2) is 19.3. The number of rotatable bonds is 15. The molecule has 0 unspecified atom stereocenters. The first-order valence-corrected chi connectivity index (χ1v) is 18.8. The van der Waals surface area contributed by atoms with Crippen LogP contribution in [0.15, 0.2) is 5.16 Å². The minimum Gasteiger partial charge on any atom is -0.481 e. The Kier molecular flexibility index (Phi) is 16.4. The normalized spacial score (nSPS) is 33.5. The van der Waals surface area contributed by atoms with E-state index in [1.807, 2.05) is 55.4 Å². The fourth-order valence-electron chi connectivity index (χ4n) is 8.04. The highest BCUT2D eigenvalue weighted by atomic mass is 16.7. The Balaban J connectivity index is 1.89. The minimum atomic E-state index is -1.21. The second-order valence-corrected chi connectivity index (χ2v) is 15.8. The molecule has 296 valence electrons. The van der Waals surface area contributed by atoms with Crippen LogP contribution >= 0.6 is 0 Å². The van der Waals surface area contributed by atoms with E-state index in [1.54, 1.807) is 11.8 Å². The standard InChI is InChI=1S/C37H67N3O11/c1-13-39-17-26(7)48-29(14-22(39)3)20-46-33(28(9)34(42)43)27(8)32(50-35-31(41)30(38-45-12)15-23(4)49-35)21(2)16-37(10,11)51-36(44)40-18-24(5)47-25(6)19-40/h21-29,31-33,35,41H,13-20H2,1-12H3,(H,42,43)/b38-30+/t21-,22+,23+,24-,25+,26-,27+,28+,29+,31+,32-,33-,35-/m0/s1. The molecule has 14 heteroatoms. The van der Waals surface area contributed by atoms with Gasteiger partial charge in [-0.25, -0.2) is 4.79 Å². The van der Waals surface area contributed by atoms with E-state index in [4.69, 9.17) is 33.3 Å². The van der Waals surface area contributed by atoms with Gasteiger partial charge < -0.3 is 48.4 Å². The van der Waals surface area contributed by atoms with E-state index in [2.05, 4.69) is 23.9 Å². The van der Waals surface area contributed by atoms with Crippen LogP contribution in [0, 0.1) is 17.8 Å². The number of oxime groups is 1. The number of ether oxygens (including phenoxy) is 6. The molecule has 51 heavy (non-hydrogen) atoms. The van der Waals surface area contributed by atoms with Gasteiger partial charge in [0.2, 0.25) is 0 Å². The molecule has 3 aliphatic rings. The number of likely N-dealkylation sites (N-methyl/N-ethyl adjacent to an activating group) is 1. The first-order chi connectivity index (χ1) is 23.8. The number of carbonyl (C=O) groups excluding carboxylic acids is 1. The molecule has 3 aliphatic heterocycles. The second-order valence-electron chi connectivity index (χ2n) is 15.8. The van der Waals surface area contributed by atoms with Gasteiger partial charge in [-0.05, 0) is 80.7 Å². The molecule has 1 amide bonds. The molecule has 0 aromatic carbocycles. The van der Waals surface area contributed by atoms with E-state index in [0.717, 1.165) is 19.5 Å². The lowest BCUT2D eigenvalue weighted by molar-refractivity contribution is -0.253. The summed E-state index contributed by atoms with van der Waals surface area (Å²) in [7, 11) is 1.42. The van der Waals surface area contributed by atoms with E-state index in [-0.39, 0.29) is 49.1 Å². The molecular weight excluding hydrogens is 662 g/mol. The van der Waals surface area contributed by atoms with Crippen LogP contribution in [0.1, 0.15) is 95.4 Å². The first-order valence-electron chi connectivity index (χ1n) is 18.8. The summed E-state index contributed by atoms with van der Waals surface area (Å²) in [4.78, 5) is 34.9. The number of morpholine rings is 1. The molecule has 0 spiro atoms. The van der Waals surface area contributed by atoms with E-state index in [9.17, 15) is 19.8 Å². The van der Waals surface area contributed by atoms with Gasteiger partial charge in [-0.15, -0.1) is 0 Å². The van der Waals surface area contributed by atoms with Crippen LogP contribution in [0.4, 0.5) is 4.79 Å². The summed E-state index contributed by atoms with van der Waals surface area (Å²) < 4.78 is 37.6. The van der Waals surface area contributed by atoms with Gasteiger partial charge >= 0.3 is 12.1 Å². The third-order valence-corrected chi connectivity index (χ3v) is 10.3. The molecule has 3 heterocycles. The number of carboxylic acid groups (broad SMARTS) is 1. The number of nitrogens with zero attached hydrogens (tertiary/aromatic N) is 3. The van der Waals surface area contributed by atoms with Crippen molar-refractivity contribution in [2.45, 2.75) is 162 Å². The Bertz CT molecular complexity index is 1130. The Labute approximate surface area is 305 Å². The van der Waals surface area contributed by atoms with Gasteiger partial charge in [0, 0.05) is 24.9 Å². The van der Waals surface area contributed by atoms with Crippen molar-refractivity contribution in [3.8, 4) is 0 Å². The highest BCUT2D eigenvalue weighted by Crippen LogP contribution is 2.35. The van der Waals surface area contributed by atoms with E-state index >= 15 is 0 Å². The zero-order valence-electron chi connectivity index (χ0n) is 33.1. The predicted molar refractivity (Wildman–Crippen MR) is 192 cm³/mol. The molecule has 0 saturated carbocycles. The van der Waals surface area contributed by atoms with Crippen molar-refractivity contribution in [2.75, 3.05) is 39.9 Å². The topological polar surface area (TPSA) is 158 Å². The zero-order chi connectivity index (χ0) is 38.2. The molecule has 3 rings (SSSR count). The summed E-state index contributed by atoms with van der Waals surface area (Å²) in [6.07, 6.45) is -3.51. The number of hydrogen-bond donors (Lipinski definition) is 2. The summed E-state index contributed by atoms with van der Waals surface area (Å²) in [5.74, 6) is -2.73. The highest BCUT2D eigenvalue weighted by molar-refractivity contribution is 5.89. The Hall–Kier alpha value is -2.07. The number of aliphatic hydroxyl groups is 1. The molecule has 3 saturated heterocycles. The Morgan fingerprint density at radius 2 is 1.59 bits per heavy atom. The minimum absolute atomic E-state index is 0.00362. The van der Waals surface area contributed by atoms with Crippen LogP contribution in [0.5, 0.6) is 0 Å². The zero-order valence-corrected chi connectivity index (χ0v) is 33.1. The number of amides is 1. The van der Waals surface area contributed by atoms with Crippen LogP contribution in [-0.2, 0) is 38.1 Å². The van der Waals surface area contributed by atoms with Gasteiger partial charge in [-0.2, -0.15) is 0 Å². The monoisotopic (exact) mass is 729 g/mol. The van der Waals surface area contributed by atoms with Crippen molar-refractivity contribution in [2.24, 2.45) is 22.9 Å². The number of hydrogen-bond acceptors (Lipinski definition) is 12. The largest absolute Gasteiger partial charge is 0.481 e. The van der Waals surface area contributed by atoms with Crippen LogP contribution in [0.3, 0.4) is 0 Å². The van der Waals surface area contributed by atoms with E-state index < -0.39 is 54.1 Å². The molecule has 0 aromatic heterocycles. The number of carboxylic acids is 1. The fourth-order valence-corrected chi connectivity index (χ4v) is 8.04. The van der Waals surface area contributed by atoms with Gasteiger partial charge in [0.25, 0.3) is 0 Å².